The summed E-state index contributed by atoms with van der Waals surface area (Å²) in [6, 6.07) is 24.0. The van der Waals surface area contributed by atoms with Crippen LogP contribution >= 0.6 is 22.7 Å². The third-order valence-electron chi connectivity index (χ3n) is 4.80. The number of nitrogen functional groups attached to an aromatic ring is 2. The predicted molar refractivity (Wildman–Crippen MR) is 128 cm³/mol. The zero-order valence-electron chi connectivity index (χ0n) is 15.9. The number of aromatic nitrogens is 2. The smallest absolute Gasteiger partial charge is 0.124 e. The highest BCUT2D eigenvalue weighted by molar-refractivity contribution is 7.13. The number of hydrogen-bond acceptors (Lipinski definition) is 6. The Morgan fingerprint density at radius 2 is 0.800 bits per heavy atom. The van der Waals surface area contributed by atoms with E-state index in [0.29, 0.717) is 0 Å². The largest absolute Gasteiger partial charge is 0.399 e. The third kappa shape index (κ3) is 3.70. The van der Waals surface area contributed by atoms with Gasteiger partial charge < -0.3 is 11.5 Å². The van der Waals surface area contributed by atoms with Crippen molar-refractivity contribution in [2.45, 2.75) is 0 Å². The number of nitrogens with two attached hydrogens (primary N) is 2. The highest BCUT2D eigenvalue weighted by Crippen LogP contribution is 2.33. The molecule has 3 aromatic carbocycles. The van der Waals surface area contributed by atoms with E-state index in [1.165, 1.54) is 0 Å². The summed E-state index contributed by atoms with van der Waals surface area (Å²) in [7, 11) is 0. The molecular weight excluding hydrogens is 408 g/mol. The first-order valence-corrected chi connectivity index (χ1v) is 11.2. The number of thiazole rings is 2. The van der Waals surface area contributed by atoms with Crippen LogP contribution in [-0.4, -0.2) is 9.97 Å². The summed E-state index contributed by atoms with van der Waals surface area (Å²) in [5.41, 5.74) is 19.3. The summed E-state index contributed by atoms with van der Waals surface area (Å²) < 4.78 is 0. The molecule has 0 spiro atoms. The Balaban J connectivity index is 1.37. The van der Waals surface area contributed by atoms with Crippen molar-refractivity contribution in [3.63, 3.8) is 0 Å². The number of nitrogens with zero attached hydrogens (tertiary/aromatic N) is 2. The lowest BCUT2D eigenvalue weighted by atomic mass is 10.1. The van der Waals surface area contributed by atoms with Crippen LogP contribution in [0.3, 0.4) is 0 Å². The van der Waals surface area contributed by atoms with Crippen LogP contribution in [0.15, 0.2) is 83.6 Å². The van der Waals surface area contributed by atoms with Gasteiger partial charge in [0.15, 0.2) is 0 Å². The van der Waals surface area contributed by atoms with E-state index in [1.807, 2.05) is 48.5 Å². The second-order valence-electron chi connectivity index (χ2n) is 6.90. The van der Waals surface area contributed by atoms with Crippen molar-refractivity contribution < 1.29 is 0 Å². The lowest BCUT2D eigenvalue weighted by molar-refractivity contribution is 1.39. The number of anilines is 2. The van der Waals surface area contributed by atoms with Crippen LogP contribution in [0.25, 0.3) is 43.7 Å². The molecule has 146 valence electrons. The van der Waals surface area contributed by atoms with Crippen molar-refractivity contribution >= 4 is 34.0 Å². The van der Waals surface area contributed by atoms with Crippen molar-refractivity contribution in [3.8, 4) is 43.7 Å². The molecule has 0 atom stereocenters. The van der Waals surface area contributed by atoms with Crippen molar-refractivity contribution in [3.05, 3.63) is 83.6 Å². The van der Waals surface area contributed by atoms with Crippen molar-refractivity contribution in [2.24, 2.45) is 0 Å². The van der Waals surface area contributed by atoms with Crippen LogP contribution in [-0.2, 0) is 0 Å². The van der Waals surface area contributed by atoms with Crippen molar-refractivity contribution in [1.29, 1.82) is 0 Å². The molecule has 5 rings (SSSR count). The first kappa shape index (κ1) is 18.5. The molecule has 30 heavy (non-hydrogen) atoms. The molecule has 4 nitrogen and oxygen atoms in total. The molecule has 0 bridgehead atoms. The Hall–Kier alpha value is -3.48. The fraction of sp³-hybridized carbons (Fsp3) is 0. The summed E-state index contributed by atoms with van der Waals surface area (Å²) in [5.74, 6) is 0. The van der Waals surface area contributed by atoms with Gasteiger partial charge in [0.1, 0.15) is 10.0 Å². The normalized spacial score (nSPS) is 10.9. The molecule has 4 N–H and O–H groups in total. The van der Waals surface area contributed by atoms with Crippen molar-refractivity contribution in [2.75, 3.05) is 11.5 Å². The number of benzene rings is 3. The second-order valence-corrected chi connectivity index (χ2v) is 8.61. The molecular formula is C24H18N4S2. The second kappa shape index (κ2) is 7.74. The molecule has 0 fully saturated rings. The maximum Gasteiger partial charge on any atom is 0.124 e. The lowest BCUT2D eigenvalue weighted by Crippen LogP contribution is -1.85. The van der Waals surface area contributed by atoms with E-state index < -0.39 is 0 Å². The SMILES string of the molecule is Nc1ccc(-c2csc(-c3ccc(-c4nc(-c5ccc(N)cc5)cs4)cc3)n2)cc1. The first-order chi connectivity index (χ1) is 14.7. The first-order valence-electron chi connectivity index (χ1n) is 9.39. The van der Waals surface area contributed by atoms with Crippen LogP contribution in [0, 0.1) is 0 Å². The van der Waals surface area contributed by atoms with Crippen LogP contribution in [0.4, 0.5) is 11.4 Å². The van der Waals surface area contributed by atoms with Gasteiger partial charge in [-0.05, 0) is 24.3 Å². The molecule has 0 aliphatic heterocycles. The number of hydrogen-bond donors (Lipinski definition) is 2. The Bertz CT molecular complexity index is 1180. The molecule has 0 aliphatic rings. The van der Waals surface area contributed by atoms with Gasteiger partial charge >= 0.3 is 0 Å². The zero-order chi connectivity index (χ0) is 20.5. The highest BCUT2D eigenvalue weighted by atomic mass is 32.1. The summed E-state index contributed by atoms with van der Waals surface area (Å²) >= 11 is 3.28. The number of rotatable bonds is 4. The average Bonchev–Trinajstić information content (AvgIpc) is 3.45. The Morgan fingerprint density at radius 1 is 0.467 bits per heavy atom. The van der Waals surface area contributed by atoms with Gasteiger partial charge in [-0.2, -0.15) is 0 Å². The fourth-order valence-corrected chi connectivity index (χ4v) is 4.81. The monoisotopic (exact) mass is 426 g/mol. The van der Waals surface area contributed by atoms with Gasteiger partial charge in [0.25, 0.3) is 0 Å². The molecule has 5 aromatic rings. The van der Waals surface area contributed by atoms with Crippen LogP contribution in [0.5, 0.6) is 0 Å². The van der Waals surface area contributed by atoms with Gasteiger partial charge in [-0.25, -0.2) is 9.97 Å². The van der Waals surface area contributed by atoms with Gasteiger partial charge in [-0.15, -0.1) is 22.7 Å². The van der Waals surface area contributed by atoms with Gasteiger partial charge in [-0.3, -0.25) is 0 Å². The maximum absolute atomic E-state index is 5.78. The van der Waals surface area contributed by atoms with Gasteiger partial charge in [0, 0.05) is 44.4 Å². The summed E-state index contributed by atoms with van der Waals surface area (Å²) in [6.45, 7) is 0. The summed E-state index contributed by atoms with van der Waals surface area (Å²) in [4.78, 5) is 9.58. The Morgan fingerprint density at radius 3 is 1.17 bits per heavy atom. The Labute approximate surface area is 182 Å². The minimum absolute atomic E-state index is 0.756. The van der Waals surface area contributed by atoms with E-state index >= 15 is 0 Å². The minimum atomic E-state index is 0.756. The van der Waals surface area contributed by atoms with E-state index in [-0.39, 0.29) is 0 Å². The summed E-state index contributed by atoms with van der Waals surface area (Å²) in [5, 5.41) is 6.15. The predicted octanol–water partition coefficient (Wildman–Crippen LogP) is 6.43. The highest BCUT2D eigenvalue weighted by Gasteiger charge is 2.10. The molecule has 0 unspecified atom stereocenters. The molecule has 0 saturated heterocycles. The van der Waals surface area contributed by atoms with Crippen molar-refractivity contribution in [1.82, 2.24) is 9.97 Å². The van der Waals surface area contributed by atoms with Gasteiger partial charge in [0.05, 0.1) is 11.4 Å². The standard InChI is InChI=1S/C24H18N4S2/c25-19-9-5-15(6-10-19)21-13-29-23(27-21)17-1-2-18(4-3-17)24-28-22(14-30-24)16-7-11-20(26)12-8-16/h1-14H,25-26H2. The molecule has 6 heteroatoms. The Kier molecular flexibility index (Phi) is 4.78. The lowest BCUT2D eigenvalue weighted by Gasteiger charge is -2.00. The molecule has 0 radical (unpaired) electrons. The van der Waals surface area contributed by atoms with Gasteiger partial charge in [-0.1, -0.05) is 48.5 Å². The minimum Gasteiger partial charge on any atom is -0.399 e. The van der Waals surface area contributed by atoms with Crippen LogP contribution in [0.1, 0.15) is 0 Å². The van der Waals surface area contributed by atoms with E-state index in [9.17, 15) is 0 Å². The quantitative estimate of drug-likeness (QED) is 0.325. The molecule has 0 saturated carbocycles. The van der Waals surface area contributed by atoms with Gasteiger partial charge in [0.2, 0.25) is 0 Å². The maximum atomic E-state index is 5.78. The molecule has 2 heterocycles. The van der Waals surface area contributed by atoms with Crippen LogP contribution < -0.4 is 11.5 Å². The van der Waals surface area contributed by atoms with E-state index in [4.69, 9.17) is 21.4 Å². The van der Waals surface area contributed by atoms with Crippen LogP contribution in [0.2, 0.25) is 0 Å². The molecule has 0 amide bonds. The molecule has 0 aliphatic carbocycles. The third-order valence-corrected chi connectivity index (χ3v) is 6.58. The molecule has 2 aromatic heterocycles. The average molecular weight is 427 g/mol. The summed E-state index contributed by atoms with van der Waals surface area (Å²) in [6.07, 6.45) is 0. The zero-order valence-corrected chi connectivity index (χ0v) is 17.6. The fourth-order valence-electron chi connectivity index (χ4n) is 3.14. The van der Waals surface area contributed by atoms with E-state index in [2.05, 4.69) is 35.0 Å². The topological polar surface area (TPSA) is 77.8 Å². The van der Waals surface area contributed by atoms with E-state index in [1.54, 1.807) is 22.7 Å². The van der Waals surface area contributed by atoms with E-state index in [0.717, 1.165) is 55.0 Å².